The Kier molecular flexibility index (Phi) is 6.43. The van der Waals surface area contributed by atoms with Crippen LogP contribution >= 0.6 is 0 Å². The number of nitrogens with one attached hydrogen (secondary N) is 2. The summed E-state index contributed by atoms with van der Waals surface area (Å²) in [5.41, 5.74) is 1.05. The molecule has 2 rings (SSSR count). The van der Waals surface area contributed by atoms with Gasteiger partial charge in [0.2, 0.25) is 11.8 Å². The Morgan fingerprint density at radius 3 is 2.71 bits per heavy atom. The number of carbonyl (C=O) groups is 2. The fraction of sp³-hybridized carbons (Fsp3) is 0.529. The molecule has 0 aromatic heterocycles. The second-order valence-electron chi connectivity index (χ2n) is 5.69. The van der Waals surface area contributed by atoms with Crippen LogP contribution in [-0.2, 0) is 9.59 Å². The lowest BCUT2D eigenvalue weighted by Gasteiger charge is -2.25. The molecule has 0 saturated carbocycles. The standard InChI is InChI=1S/C17H25N3O4/c1-18-16(21)10-19-17(22)11-20-8-4-5-14(20)13-7-6-12(23-2)9-15(13)24-3/h6-7,9,14H,4-5,8,10-11H2,1-3H3,(H,18,21)(H,19,22)/t14-/m1/s1. The van der Waals surface area contributed by atoms with Crippen LogP contribution in [0.15, 0.2) is 18.2 Å². The van der Waals surface area contributed by atoms with Gasteiger partial charge in [-0.25, -0.2) is 0 Å². The molecule has 0 bridgehead atoms. The summed E-state index contributed by atoms with van der Waals surface area (Å²) >= 11 is 0. The van der Waals surface area contributed by atoms with E-state index in [9.17, 15) is 9.59 Å². The number of ether oxygens (including phenoxy) is 2. The third-order valence-corrected chi connectivity index (χ3v) is 4.23. The van der Waals surface area contributed by atoms with Gasteiger partial charge in [0.1, 0.15) is 11.5 Å². The van der Waals surface area contributed by atoms with E-state index in [1.807, 2.05) is 18.2 Å². The topological polar surface area (TPSA) is 79.9 Å². The third kappa shape index (κ3) is 4.38. The lowest BCUT2D eigenvalue weighted by Crippen LogP contribution is -2.41. The molecule has 0 radical (unpaired) electrons. The van der Waals surface area contributed by atoms with Gasteiger partial charge in [-0.15, -0.1) is 0 Å². The minimum Gasteiger partial charge on any atom is -0.497 e. The second kappa shape index (κ2) is 8.54. The first-order valence-electron chi connectivity index (χ1n) is 8.02. The fourth-order valence-corrected chi connectivity index (χ4v) is 2.97. The van der Waals surface area contributed by atoms with Gasteiger partial charge in [0.05, 0.1) is 27.3 Å². The summed E-state index contributed by atoms with van der Waals surface area (Å²) in [7, 11) is 4.79. The van der Waals surface area contributed by atoms with Crippen LogP contribution in [0.3, 0.4) is 0 Å². The summed E-state index contributed by atoms with van der Waals surface area (Å²) in [5, 5.41) is 5.11. The second-order valence-corrected chi connectivity index (χ2v) is 5.69. The number of carbonyl (C=O) groups excluding carboxylic acids is 2. The van der Waals surface area contributed by atoms with Crippen molar-refractivity contribution in [3.05, 3.63) is 23.8 Å². The summed E-state index contributed by atoms with van der Waals surface area (Å²) in [6.45, 7) is 1.10. The quantitative estimate of drug-likeness (QED) is 0.767. The normalized spacial score (nSPS) is 17.4. The molecular weight excluding hydrogens is 310 g/mol. The number of likely N-dealkylation sites (tertiary alicyclic amines) is 1. The maximum atomic E-state index is 12.1. The summed E-state index contributed by atoms with van der Waals surface area (Å²) < 4.78 is 10.7. The van der Waals surface area contributed by atoms with Crippen molar-refractivity contribution in [2.75, 3.05) is 40.9 Å². The van der Waals surface area contributed by atoms with Gasteiger partial charge >= 0.3 is 0 Å². The van der Waals surface area contributed by atoms with Crippen LogP contribution in [0.2, 0.25) is 0 Å². The summed E-state index contributed by atoms with van der Waals surface area (Å²) in [5.74, 6) is 1.14. The fourth-order valence-electron chi connectivity index (χ4n) is 2.97. The molecule has 7 nitrogen and oxygen atoms in total. The molecule has 1 saturated heterocycles. The van der Waals surface area contributed by atoms with Crippen molar-refractivity contribution >= 4 is 11.8 Å². The number of methoxy groups -OCH3 is 2. The van der Waals surface area contributed by atoms with Gasteiger partial charge in [-0.1, -0.05) is 6.07 Å². The van der Waals surface area contributed by atoms with Gasteiger partial charge < -0.3 is 20.1 Å². The van der Waals surface area contributed by atoms with Gasteiger partial charge in [0.15, 0.2) is 0 Å². The Morgan fingerprint density at radius 2 is 2.04 bits per heavy atom. The van der Waals surface area contributed by atoms with E-state index in [-0.39, 0.29) is 30.9 Å². The number of hydrogen-bond acceptors (Lipinski definition) is 5. The van der Waals surface area contributed by atoms with Crippen molar-refractivity contribution in [1.29, 1.82) is 0 Å². The Balaban J connectivity index is 2.05. The average molecular weight is 335 g/mol. The average Bonchev–Trinajstić information content (AvgIpc) is 3.06. The number of likely N-dealkylation sites (N-methyl/N-ethyl adjacent to an activating group) is 1. The summed E-state index contributed by atoms with van der Waals surface area (Å²) in [6.07, 6.45) is 1.98. The van der Waals surface area contributed by atoms with E-state index >= 15 is 0 Å². The van der Waals surface area contributed by atoms with E-state index in [0.717, 1.165) is 36.4 Å². The van der Waals surface area contributed by atoms with Crippen molar-refractivity contribution in [1.82, 2.24) is 15.5 Å². The first-order valence-corrected chi connectivity index (χ1v) is 8.02. The first-order chi connectivity index (χ1) is 11.6. The maximum absolute atomic E-state index is 12.1. The minimum atomic E-state index is -0.210. The van der Waals surface area contributed by atoms with Crippen LogP contribution in [0, 0.1) is 0 Å². The highest BCUT2D eigenvalue weighted by Crippen LogP contribution is 2.38. The Hall–Kier alpha value is -2.28. The maximum Gasteiger partial charge on any atom is 0.239 e. The van der Waals surface area contributed by atoms with Crippen LogP contribution < -0.4 is 20.1 Å². The molecule has 1 aromatic carbocycles. The molecule has 2 N–H and O–H groups in total. The number of nitrogens with zero attached hydrogens (tertiary/aromatic N) is 1. The van der Waals surface area contributed by atoms with Crippen molar-refractivity contribution in [3.8, 4) is 11.5 Å². The molecule has 0 spiro atoms. The van der Waals surface area contributed by atoms with Crippen LogP contribution in [0.5, 0.6) is 11.5 Å². The predicted molar refractivity (Wildman–Crippen MR) is 90.2 cm³/mol. The van der Waals surface area contributed by atoms with Crippen molar-refractivity contribution in [2.24, 2.45) is 0 Å². The Labute approximate surface area is 142 Å². The van der Waals surface area contributed by atoms with Crippen molar-refractivity contribution in [2.45, 2.75) is 18.9 Å². The van der Waals surface area contributed by atoms with E-state index in [0.29, 0.717) is 0 Å². The summed E-state index contributed by atoms with van der Waals surface area (Å²) in [4.78, 5) is 25.4. The van der Waals surface area contributed by atoms with Gasteiger partial charge in [-0.2, -0.15) is 0 Å². The lowest BCUT2D eigenvalue weighted by molar-refractivity contribution is -0.126. The zero-order chi connectivity index (χ0) is 17.5. The molecule has 1 heterocycles. The van der Waals surface area contributed by atoms with Gasteiger partial charge in [-0.3, -0.25) is 14.5 Å². The van der Waals surface area contributed by atoms with Crippen molar-refractivity contribution < 1.29 is 19.1 Å². The van der Waals surface area contributed by atoms with E-state index in [1.54, 1.807) is 21.3 Å². The SMILES string of the molecule is CNC(=O)CNC(=O)CN1CCC[C@@H]1c1ccc(OC)cc1OC. The van der Waals surface area contributed by atoms with E-state index in [2.05, 4.69) is 15.5 Å². The monoisotopic (exact) mass is 335 g/mol. The zero-order valence-electron chi connectivity index (χ0n) is 14.4. The first kappa shape index (κ1) is 18.1. The van der Waals surface area contributed by atoms with Gasteiger partial charge in [0.25, 0.3) is 0 Å². The highest BCUT2D eigenvalue weighted by Gasteiger charge is 2.29. The molecule has 1 fully saturated rings. The van der Waals surface area contributed by atoms with Crippen molar-refractivity contribution in [3.63, 3.8) is 0 Å². The molecule has 1 aliphatic heterocycles. The third-order valence-electron chi connectivity index (χ3n) is 4.23. The Morgan fingerprint density at radius 1 is 1.25 bits per heavy atom. The highest BCUT2D eigenvalue weighted by atomic mass is 16.5. The largest absolute Gasteiger partial charge is 0.497 e. The Bertz CT molecular complexity index is 591. The van der Waals surface area contributed by atoms with Crippen LogP contribution in [0.4, 0.5) is 0 Å². The highest BCUT2D eigenvalue weighted by molar-refractivity contribution is 5.85. The molecule has 2 amide bonds. The molecule has 0 aliphatic carbocycles. The van der Waals surface area contributed by atoms with Crippen LogP contribution in [-0.4, -0.2) is 57.6 Å². The minimum absolute atomic E-state index is 0.000301. The summed E-state index contributed by atoms with van der Waals surface area (Å²) in [6, 6.07) is 5.87. The number of benzene rings is 1. The van der Waals surface area contributed by atoms with Gasteiger partial charge in [0, 0.05) is 24.7 Å². The molecule has 1 aliphatic rings. The number of hydrogen-bond donors (Lipinski definition) is 2. The molecule has 132 valence electrons. The number of rotatable bonds is 7. The van der Waals surface area contributed by atoms with Crippen LogP contribution in [0.25, 0.3) is 0 Å². The predicted octanol–water partition coefficient (Wildman–Crippen LogP) is 0.703. The molecule has 7 heteroatoms. The zero-order valence-corrected chi connectivity index (χ0v) is 14.4. The molecule has 1 atom stereocenters. The molecule has 1 aromatic rings. The molecular formula is C17H25N3O4. The van der Waals surface area contributed by atoms with E-state index < -0.39 is 0 Å². The van der Waals surface area contributed by atoms with Gasteiger partial charge in [-0.05, 0) is 25.5 Å². The van der Waals surface area contributed by atoms with E-state index in [1.165, 1.54) is 0 Å². The number of amides is 2. The molecule has 24 heavy (non-hydrogen) atoms. The van der Waals surface area contributed by atoms with Crippen LogP contribution in [0.1, 0.15) is 24.4 Å². The van der Waals surface area contributed by atoms with E-state index in [4.69, 9.17) is 9.47 Å². The molecule has 0 unspecified atom stereocenters. The lowest BCUT2D eigenvalue weighted by atomic mass is 10.0. The smallest absolute Gasteiger partial charge is 0.239 e.